The van der Waals surface area contributed by atoms with Crippen LogP contribution < -0.4 is 0 Å². The molecule has 0 N–H and O–H groups in total. The van der Waals surface area contributed by atoms with Crippen LogP contribution in [0.1, 0.15) is 19.8 Å². The third kappa shape index (κ3) is 1.90. The van der Waals surface area contributed by atoms with Crippen molar-refractivity contribution in [2.75, 3.05) is 6.61 Å². The van der Waals surface area contributed by atoms with Crippen molar-refractivity contribution in [1.29, 1.82) is 5.26 Å². The monoisotopic (exact) mass is 305 g/mol. The number of nitrogens with zero attached hydrogens (tertiary/aromatic N) is 1. The first-order valence-electron chi connectivity index (χ1n) is 7.03. The lowest BCUT2D eigenvalue weighted by molar-refractivity contribution is -0.168. The summed E-state index contributed by atoms with van der Waals surface area (Å²) in [5, 5.41) is 9.28. The standard InChI is InChI=1S/C15H15NO6/c1-7(2)13(18)20-5-10(17)21-11-8-3-9-12(11)22-14(19)15(9,4-8)6-16/h8-9,11-12H,1,3-5H2,2H3/t8?,9?,11?,12-,15+/m0/s1. The number of rotatable bonds is 4. The van der Waals surface area contributed by atoms with Crippen LogP contribution in [0.4, 0.5) is 0 Å². The third-order valence-corrected chi connectivity index (χ3v) is 4.70. The highest BCUT2D eigenvalue weighted by molar-refractivity contribution is 5.88. The third-order valence-electron chi connectivity index (χ3n) is 4.70. The van der Waals surface area contributed by atoms with E-state index in [1.807, 2.05) is 0 Å². The molecule has 0 aromatic carbocycles. The van der Waals surface area contributed by atoms with Crippen LogP contribution in [0.15, 0.2) is 12.2 Å². The topological polar surface area (TPSA) is 103 Å². The van der Waals surface area contributed by atoms with Crippen LogP contribution in [0.5, 0.6) is 0 Å². The number of hydrogen-bond donors (Lipinski definition) is 0. The van der Waals surface area contributed by atoms with Gasteiger partial charge in [0, 0.05) is 17.4 Å². The minimum absolute atomic E-state index is 0.0677. The lowest BCUT2D eigenvalue weighted by atomic mass is 9.75. The number of fused-ring (bicyclic) bond motifs is 1. The zero-order chi connectivity index (χ0) is 16.1. The Balaban J connectivity index is 1.61. The average molecular weight is 305 g/mol. The van der Waals surface area contributed by atoms with Crippen molar-refractivity contribution >= 4 is 17.9 Å². The minimum atomic E-state index is -1.06. The van der Waals surface area contributed by atoms with Crippen LogP contribution in [0, 0.1) is 28.6 Å². The van der Waals surface area contributed by atoms with Crippen LogP contribution in [0.25, 0.3) is 0 Å². The molecule has 2 aliphatic carbocycles. The molecule has 2 bridgehead atoms. The van der Waals surface area contributed by atoms with Crippen LogP contribution in [0.3, 0.4) is 0 Å². The van der Waals surface area contributed by atoms with Crippen molar-refractivity contribution in [2.24, 2.45) is 17.3 Å². The van der Waals surface area contributed by atoms with E-state index in [1.165, 1.54) is 6.92 Å². The maximum atomic E-state index is 11.9. The Morgan fingerprint density at radius 1 is 1.55 bits per heavy atom. The lowest BCUT2D eigenvalue weighted by Crippen LogP contribution is -2.40. The van der Waals surface area contributed by atoms with Crippen molar-refractivity contribution in [3.63, 3.8) is 0 Å². The van der Waals surface area contributed by atoms with E-state index in [1.54, 1.807) is 0 Å². The largest absolute Gasteiger partial charge is 0.457 e. The van der Waals surface area contributed by atoms with Crippen LogP contribution in [0.2, 0.25) is 0 Å². The molecule has 0 spiro atoms. The highest BCUT2D eigenvalue weighted by atomic mass is 16.6. The summed E-state index contributed by atoms with van der Waals surface area (Å²) in [4.78, 5) is 34.9. The predicted octanol–water partition coefficient (Wildman–Crippen LogP) is 0.493. The highest BCUT2D eigenvalue weighted by Crippen LogP contribution is 2.62. The summed E-state index contributed by atoms with van der Waals surface area (Å²) >= 11 is 0. The molecule has 0 aromatic heterocycles. The van der Waals surface area contributed by atoms with E-state index in [4.69, 9.17) is 14.2 Å². The van der Waals surface area contributed by atoms with E-state index < -0.39 is 42.1 Å². The Morgan fingerprint density at radius 2 is 2.27 bits per heavy atom. The first-order chi connectivity index (χ1) is 10.4. The van der Waals surface area contributed by atoms with Crippen LogP contribution >= 0.6 is 0 Å². The fourth-order valence-electron chi connectivity index (χ4n) is 3.72. The summed E-state index contributed by atoms with van der Waals surface area (Å²) in [6, 6.07) is 2.08. The Bertz CT molecular complexity index is 620. The maximum Gasteiger partial charge on any atom is 0.344 e. The molecule has 0 aromatic rings. The second kappa shape index (κ2) is 4.83. The van der Waals surface area contributed by atoms with E-state index in [9.17, 15) is 19.6 Å². The molecular formula is C15H15NO6. The maximum absolute atomic E-state index is 11.9. The van der Waals surface area contributed by atoms with Crippen LogP contribution in [-0.4, -0.2) is 36.7 Å². The molecule has 1 heterocycles. The number of esters is 3. The SMILES string of the molecule is C=C(C)C(=O)OCC(=O)OC1C2CC3[C@@H]1OC(=O)[C@@]3(C#N)C2. The number of carbonyl (C=O) groups is 3. The molecular weight excluding hydrogens is 290 g/mol. The van der Waals surface area contributed by atoms with Crippen molar-refractivity contribution in [2.45, 2.75) is 32.0 Å². The van der Waals surface area contributed by atoms with E-state index in [0.29, 0.717) is 12.8 Å². The summed E-state index contributed by atoms with van der Waals surface area (Å²) in [6.07, 6.45) is -0.138. The second-order valence-corrected chi connectivity index (χ2v) is 6.07. The Kier molecular flexibility index (Phi) is 3.20. The molecule has 1 saturated heterocycles. The van der Waals surface area contributed by atoms with E-state index in [-0.39, 0.29) is 17.4 Å². The quantitative estimate of drug-likeness (QED) is 0.423. The Hall–Kier alpha value is -2.36. The first kappa shape index (κ1) is 14.6. The van der Waals surface area contributed by atoms with Gasteiger partial charge in [-0.2, -0.15) is 5.26 Å². The van der Waals surface area contributed by atoms with Gasteiger partial charge in [-0.15, -0.1) is 0 Å². The van der Waals surface area contributed by atoms with Gasteiger partial charge in [0.25, 0.3) is 0 Å². The van der Waals surface area contributed by atoms with Gasteiger partial charge in [-0.25, -0.2) is 9.59 Å². The van der Waals surface area contributed by atoms with Gasteiger partial charge in [-0.3, -0.25) is 4.79 Å². The number of nitriles is 1. The average Bonchev–Trinajstić information content (AvgIpc) is 3.06. The van der Waals surface area contributed by atoms with Gasteiger partial charge in [0.2, 0.25) is 0 Å². The van der Waals surface area contributed by atoms with Crippen molar-refractivity contribution in [1.82, 2.24) is 0 Å². The molecule has 5 atom stereocenters. The molecule has 116 valence electrons. The van der Waals surface area contributed by atoms with E-state index in [2.05, 4.69) is 12.6 Å². The fourth-order valence-corrected chi connectivity index (χ4v) is 3.72. The number of carbonyl (C=O) groups excluding carboxylic acids is 3. The smallest absolute Gasteiger partial charge is 0.344 e. The first-order valence-corrected chi connectivity index (χ1v) is 7.03. The number of hydrogen-bond acceptors (Lipinski definition) is 7. The van der Waals surface area contributed by atoms with E-state index in [0.717, 1.165) is 0 Å². The molecule has 2 saturated carbocycles. The predicted molar refractivity (Wildman–Crippen MR) is 69.8 cm³/mol. The summed E-state index contributed by atoms with van der Waals surface area (Å²) in [6.45, 7) is 4.37. The molecule has 0 radical (unpaired) electrons. The summed E-state index contributed by atoms with van der Waals surface area (Å²) in [7, 11) is 0. The van der Waals surface area contributed by atoms with Gasteiger partial charge in [0.1, 0.15) is 12.2 Å². The summed E-state index contributed by atoms with van der Waals surface area (Å²) < 4.78 is 15.3. The zero-order valence-corrected chi connectivity index (χ0v) is 12.0. The molecule has 3 aliphatic rings. The molecule has 3 unspecified atom stereocenters. The van der Waals surface area contributed by atoms with Gasteiger partial charge in [0.15, 0.2) is 12.0 Å². The molecule has 22 heavy (non-hydrogen) atoms. The minimum Gasteiger partial charge on any atom is -0.457 e. The van der Waals surface area contributed by atoms with Gasteiger partial charge in [0.05, 0.1) is 6.07 Å². The molecule has 0 amide bonds. The Labute approximate surface area is 126 Å². The van der Waals surface area contributed by atoms with Crippen LogP contribution in [-0.2, 0) is 28.6 Å². The molecule has 3 fully saturated rings. The van der Waals surface area contributed by atoms with Gasteiger partial charge >= 0.3 is 17.9 Å². The van der Waals surface area contributed by atoms with Crippen molar-refractivity contribution < 1.29 is 28.6 Å². The summed E-state index contributed by atoms with van der Waals surface area (Å²) in [5.74, 6) is -2.16. The van der Waals surface area contributed by atoms with Gasteiger partial charge in [-0.1, -0.05) is 6.58 Å². The number of ether oxygens (including phenoxy) is 3. The Morgan fingerprint density at radius 3 is 2.91 bits per heavy atom. The highest BCUT2D eigenvalue weighted by Gasteiger charge is 2.72. The van der Waals surface area contributed by atoms with Gasteiger partial charge < -0.3 is 14.2 Å². The van der Waals surface area contributed by atoms with Crippen molar-refractivity contribution in [3.8, 4) is 6.07 Å². The van der Waals surface area contributed by atoms with E-state index >= 15 is 0 Å². The normalized spacial score (nSPS) is 37.4. The fraction of sp³-hybridized carbons (Fsp3) is 0.600. The van der Waals surface area contributed by atoms with Crippen molar-refractivity contribution in [3.05, 3.63) is 12.2 Å². The summed E-state index contributed by atoms with van der Waals surface area (Å²) in [5.41, 5.74) is -0.874. The molecule has 7 heteroatoms. The molecule has 1 aliphatic heterocycles. The van der Waals surface area contributed by atoms with Gasteiger partial charge in [-0.05, 0) is 19.8 Å². The lowest BCUT2D eigenvalue weighted by Gasteiger charge is -2.27. The second-order valence-electron chi connectivity index (χ2n) is 6.07. The molecule has 7 nitrogen and oxygen atoms in total. The molecule has 3 rings (SSSR count). The zero-order valence-electron chi connectivity index (χ0n) is 12.0.